The van der Waals surface area contributed by atoms with Gasteiger partial charge in [-0.3, -0.25) is 4.79 Å². The Balaban J connectivity index is 2.06. The molecule has 0 spiro atoms. The number of hydrogen-bond acceptors (Lipinski definition) is 3. The van der Waals surface area contributed by atoms with Crippen LogP contribution in [0, 0.1) is 0 Å². The van der Waals surface area contributed by atoms with E-state index in [2.05, 4.69) is 0 Å². The topological polar surface area (TPSA) is 74.7 Å². The molecule has 1 aliphatic heterocycles. The monoisotopic (exact) mass is 297 g/mol. The summed E-state index contributed by atoms with van der Waals surface area (Å²) in [6.45, 7) is 0.314. The van der Waals surface area contributed by atoms with Gasteiger partial charge in [-0.05, 0) is 31.2 Å². The number of carboxylic acids is 1. The van der Waals surface area contributed by atoms with Crippen LogP contribution in [0.3, 0.4) is 0 Å². The molecule has 0 bridgehead atoms. The summed E-state index contributed by atoms with van der Waals surface area (Å²) in [4.78, 5) is 11.2. The summed E-state index contributed by atoms with van der Waals surface area (Å²) in [5.41, 5.74) is 0.944. The second-order valence-corrected chi connectivity index (χ2v) is 7.05. The molecule has 0 saturated carbocycles. The summed E-state index contributed by atoms with van der Waals surface area (Å²) in [6, 6.07) is 8.46. The molecule has 1 aromatic rings. The van der Waals surface area contributed by atoms with E-state index in [1.54, 1.807) is 0 Å². The van der Waals surface area contributed by atoms with Crippen LogP contribution in [0.25, 0.3) is 0 Å². The minimum atomic E-state index is -3.52. The summed E-state index contributed by atoms with van der Waals surface area (Å²) >= 11 is 0. The van der Waals surface area contributed by atoms with E-state index >= 15 is 0 Å². The van der Waals surface area contributed by atoms with Gasteiger partial charge in [-0.15, -0.1) is 0 Å². The molecule has 1 unspecified atom stereocenters. The van der Waals surface area contributed by atoms with Gasteiger partial charge < -0.3 is 5.11 Å². The van der Waals surface area contributed by atoms with Crippen molar-refractivity contribution in [2.75, 3.05) is 12.3 Å². The number of benzene rings is 1. The van der Waals surface area contributed by atoms with Crippen LogP contribution < -0.4 is 0 Å². The highest BCUT2D eigenvalue weighted by molar-refractivity contribution is 7.89. The second kappa shape index (κ2) is 6.37. The Bertz CT molecular complexity index is 556. The molecule has 0 amide bonds. The predicted octanol–water partition coefficient (Wildman–Crippen LogP) is 1.50. The number of sulfonamides is 1. The SMILES string of the molecule is O=C(O)C1CCCCN1S(=O)(=O)CCc1ccccc1. The molecule has 1 aromatic carbocycles. The van der Waals surface area contributed by atoms with Gasteiger partial charge in [-0.1, -0.05) is 30.3 Å². The van der Waals surface area contributed by atoms with Crippen molar-refractivity contribution in [1.29, 1.82) is 0 Å². The highest BCUT2D eigenvalue weighted by atomic mass is 32.2. The fourth-order valence-electron chi connectivity index (χ4n) is 2.49. The largest absolute Gasteiger partial charge is 0.480 e. The van der Waals surface area contributed by atoms with Gasteiger partial charge in [0.25, 0.3) is 0 Å². The molecule has 1 N–H and O–H groups in total. The zero-order valence-electron chi connectivity index (χ0n) is 11.2. The third-order valence-electron chi connectivity index (χ3n) is 3.59. The smallest absolute Gasteiger partial charge is 0.322 e. The molecule has 0 radical (unpaired) electrons. The van der Waals surface area contributed by atoms with Crippen LogP contribution in [0.15, 0.2) is 30.3 Å². The second-order valence-electron chi connectivity index (χ2n) is 5.01. The molecule has 5 nitrogen and oxygen atoms in total. The molecular weight excluding hydrogens is 278 g/mol. The molecule has 1 aliphatic rings. The number of piperidine rings is 1. The normalized spacial score (nSPS) is 20.7. The average Bonchev–Trinajstić information content (AvgIpc) is 2.46. The van der Waals surface area contributed by atoms with Crippen molar-refractivity contribution in [3.63, 3.8) is 0 Å². The number of hydrogen-bond donors (Lipinski definition) is 1. The first-order chi connectivity index (χ1) is 9.50. The van der Waals surface area contributed by atoms with E-state index in [4.69, 9.17) is 5.11 Å². The van der Waals surface area contributed by atoms with Crippen molar-refractivity contribution in [3.05, 3.63) is 35.9 Å². The van der Waals surface area contributed by atoms with E-state index in [-0.39, 0.29) is 5.75 Å². The van der Waals surface area contributed by atoms with Gasteiger partial charge in [0.15, 0.2) is 0 Å². The molecule has 0 aliphatic carbocycles. The van der Waals surface area contributed by atoms with Gasteiger partial charge in [0.05, 0.1) is 5.75 Å². The Morgan fingerprint density at radius 3 is 2.60 bits per heavy atom. The maximum absolute atomic E-state index is 12.3. The van der Waals surface area contributed by atoms with E-state index in [0.717, 1.165) is 18.4 Å². The molecule has 1 atom stereocenters. The highest BCUT2D eigenvalue weighted by Gasteiger charge is 2.36. The van der Waals surface area contributed by atoms with Crippen molar-refractivity contribution in [2.45, 2.75) is 31.7 Å². The number of aryl methyl sites for hydroxylation is 1. The minimum Gasteiger partial charge on any atom is -0.480 e. The van der Waals surface area contributed by atoms with E-state index in [0.29, 0.717) is 19.4 Å². The Morgan fingerprint density at radius 2 is 1.95 bits per heavy atom. The summed E-state index contributed by atoms with van der Waals surface area (Å²) in [5.74, 6) is -1.09. The third kappa shape index (κ3) is 3.58. The van der Waals surface area contributed by atoms with Crippen molar-refractivity contribution < 1.29 is 18.3 Å². The summed E-state index contributed by atoms with van der Waals surface area (Å²) < 4.78 is 25.8. The zero-order chi connectivity index (χ0) is 14.6. The lowest BCUT2D eigenvalue weighted by Gasteiger charge is -2.31. The predicted molar refractivity (Wildman–Crippen MR) is 75.9 cm³/mol. The fourth-order valence-corrected chi connectivity index (χ4v) is 4.21. The Labute approximate surface area is 119 Å². The van der Waals surface area contributed by atoms with Gasteiger partial charge in [0.2, 0.25) is 10.0 Å². The number of aliphatic carboxylic acids is 1. The lowest BCUT2D eigenvalue weighted by Crippen LogP contribution is -2.48. The van der Waals surface area contributed by atoms with E-state index in [1.807, 2.05) is 30.3 Å². The number of carboxylic acid groups (broad SMARTS) is 1. The van der Waals surface area contributed by atoms with E-state index in [1.165, 1.54) is 4.31 Å². The van der Waals surface area contributed by atoms with Crippen LogP contribution in [0.2, 0.25) is 0 Å². The number of rotatable bonds is 5. The van der Waals surface area contributed by atoms with E-state index < -0.39 is 22.0 Å². The van der Waals surface area contributed by atoms with Crippen LogP contribution >= 0.6 is 0 Å². The number of nitrogens with zero attached hydrogens (tertiary/aromatic N) is 1. The molecule has 110 valence electrons. The van der Waals surface area contributed by atoms with Crippen molar-refractivity contribution >= 4 is 16.0 Å². The van der Waals surface area contributed by atoms with Crippen molar-refractivity contribution in [1.82, 2.24) is 4.31 Å². The van der Waals surface area contributed by atoms with Gasteiger partial charge in [0, 0.05) is 6.54 Å². The molecular formula is C14H19NO4S. The molecule has 1 saturated heterocycles. The van der Waals surface area contributed by atoms with Gasteiger partial charge in [0.1, 0.15) is 6.04 Å². The Kier molecular flexibility index (Phi) is 4.77. The maximum atomic E-state index is 12.3. The molecule has 6 heteroatoms. The molecule has 1 fully saturated rings. The van der Waals surface area contributed by atoms with Crippen molar-refractivity contribution in [3.8, 4) is 0 Å². The fraction of sp³-hybridized carbons (Fsp3) is 0.500. The van der Waals surface area contributed by atoms with Crippen LogP contribution in [-0.2, 0) is 21.2 Å². The zero-order valence-corrected chi connectivity index (χ0v) is 12.1. The van der Waals surface area contributed by atoms with Crippen LogP contribution in [0.1, 0.15) is 24.8 Å². The van der Waals surface area contributed by atoms with E-state index in [9.17, 15) is 13.2 Å². The Morgan fingerprint density at radius 1 is 1.25 bits per heavy atom. The minimum absolute atomic E-state index is 0.0409. The maximum Gasteiger partial charge on any atom is 0.322 e. The first kappa shape index (κ1) is 15.0. The summed E-state index contributed by atoms with van der Waals surface area (Å²) in [6.07, 6.45) is 2.31. The Hall–Kier alpha value is -1.40. The summed E-state index contributed by atoms with van der Waals surface area (Å²) in [5, 5.41) is 9.15. The highest BCUT2D eigenvalue weighted by Crippen LogP contribution is 2.21. The first-order valence-electron chi connectivity index (χ1n) is 6.77. The molecule has 1 heterocycles. The van der Waals surface area contributed by atoms with Crippen molar-refractivity contribution in [2.24, 2.45) is 0 Å². The lowest BCUT2D eigenvalue weighted by molar-refractivity contribution is -0.142. The standard InChI is InChI=1S/C14H19NO4S/c16-14(17)13-8-4-5-10-15(13)20(18,19)11-9-12-6-2-1-3-7-12/h1-3,6-7,13H,4-5,8-11H2,(H,16,17). The van der Waals surface area contributed by atoms with Crippen LogP contribution in [0.4, 0.5) is 0 Å². The quantitative estimate of drug-likeness (QED) is 0.893. The van der Waals surface area contributed by atoms with Gasteiger partial charge in [-0.2, -0.15) is 4.31 Å². The lowest BCUT2D eigenvalue weighted by atomic mass is 10.1. The third-order valence-corrected chi connectivity index (χ3v) is 5.46. The molecule has 20 heavy (non-hydrogen) atoms. The van der Waals surface area contributed by atoms with Crippen LogP contribution in [-0.4, -0.2) is 42.1 Å². The first-order valence-corrected chi connectivity index (χ1v) is 8.38. The molecule has 2 rings (SSSR count). The van der Waals surface area contributed by atoms with Gasteiger partial charge in [-0.25, -0.2) is 8.42 Å². The number of carbonyl (C=O) groups is 1. The molecule has 0 aromatic heterocycles. The van der Waals surface area contributed by atoms with Crippen LogP contribution in [0.5, 0.6) is 0 Å². The average molecular weight is 297 g/mol. The van der Waals surface area contributed by atoms with Gasteiger partial charge >= 0.3 is 5.97 Å². The summed E-state index contributed by atoms with van der Waals surface area (Å²) in [7, 11) is -3.52.